The average molecular weight is 214 g/mol. The molecule has 3 N–H and O–H groups in total. The molecule has 0 aromatic heterocycles. The summed E-state index contributed by atoms with van der Waals surface area (Å²) in [6, 6.07) is 0.165. The Hall–Kier alpha value is -0.610. The van der Waals surface area contributed by atoms with E-state index in [9.17, 15) is 9.90 Å². The molecule has 1 fully saturated rings. The molecule has 0 aromatic carbocycles. The second kappa shape index (κ2) is 5.47. The highest BCUT2D eigenvalue weighted by Crippen LogP contribution is 2.24. The van der Waals surface area contributed by atoms with Gasteiger partial charge in [0, 0.05) is 6.04 Å². The van der Waals surface area contributed by atoms with Crippen molar-refractivity contribution in [3.8, 4) is 0 Å². The molecule has 1 rings (SSSR count). The third-order valence-electron chi connectivity index (χ3n) is 3.15. The molecule has 0 aliphatic carbocycles. The van der Waals surface area contributed by atoms with Crippen LogP contribution in [-0.2, 0) is 4.79 Å². The molecule has 15 heavy (non-hydrogen) atoms. The molecule has 1 aliphatic rings. The number of carbonyl (C=O) groups is 1. The summed E-state index contributed by atoms with van der Waals surface area (Å²) in [5.74, 6) is -0.241. The summed E-state index contributed by atoms with van der Waals surface area (Å²) in [5.41, 5.74) is 5.38. The van der Waals surface area contributed by atoms with Gasteiger partial charge in [-0.3, -0.25) is 9.69 Å². The number of amides is 1. The number of hydrogen-bond acceptors (Lipinski definition) is 3. The molecule has 0 bridgehead atoms. The minimum absolute atomic E-state index is 0.156. The Bertz CT molecular complexity index is 219. The maximum atomic E-state index is 11.3. The topological polar surface area (TPSA) is 66.6 Å². The van der Waals surface area contributed by atoms with Gasteiger partial charge in [0.2, 0.25) is 5.91 Å². The van der Waals surface area contributed by atoms with Gasteiger partial charge in [-0.15, -0.1) is 0 Å². The normalized spacial score (nSPS) is 26.5. The maximum absolute atomic E-state index is 11.3. The summed E-state index contributed by atoms with van der Waals surface area (Å²) in [6.07, 6.45) is 3.35. The third kappa shape index (κ3) is 3.18. The SMILES string of the molecule is CCC(C(N)=O)N1CCCC1CC(C)O. The van der Waals surface area contributed by atoms with Gasteiger partial charge in [0.25, 0.3) is 0 Å². The van der Waals surface area contributed by atoms with Gasteiger partial charge in [-0.05, 0) is 39.2 Å². The molecule has 0 aromatic rings. The number of rotatable bonds is 5. The minimum atomic E-state index is -0.305. The van der Waals surface area contributed by atoms with E-state index in [0.717, 1.165) is 32.2 Å². The zero-order valence-electron chi connectivity index (χ0n) is 9.65. The van der Waals surface area contributed by atoms with Gasteiger partial charge < -0.3 is 10.8 Å². The van der Waals surface area contributed by atoms with Crippen molar-refractivity contribution in [1.29, 1.82) is 0 Å². The lowest BCUT2D eigenvalue weighted by Gasteiger charge is -2.31. The summed E-state index contributed by atoms with van der Waals surface area (Å²) in [7, 11) is 0. The van der Waals surface area contributed by atoms with E-state index in [4.69, 9.17) is 5.73 Å². The largest absolute Gasteiger partial charge is 0.393 e. The lowest BCUT2D eigenvalue weighted by Crippen LogP contribution is -2.47. The number of primary amides is 1. The van der Waals surface area contributed by atoms with Gasteiger partial charge in [-0.2, -0.15) is 0 Å². The first-order chi connectivity index (χ1) is 7.06. The number of aliphatic hydroxyl groups excluding tert-OH is 1. The molecule has 0 spiro atoms. The van der Waals surface area contributed by atoms with Crippen LogP contribution in [0.3, 0.4) is 0 Å². The Morgan fingerprint density at radius 1 is 1.67 bits per heavy atom. The smallest absolute Gasteiger partial charge is 0.234 e. The van der Waals surface area contributed by atoms with E-state index in [0.29, 0.717) is 6.04 Å². The summed E-state index contributed by atoms with van der Waals surface area (Å²) in [5, 5.41) is 9.38. The van der Waals surface area contributed by atoms with Crippen molar-refractivity contribution in [3.05, 3.63) is 0 Å². The number of nitrogens with two attached hydrogens (primary N) is 1. The summed E-state index contributed by atoms with van der Waals surface area (Å²) in [4.78, 5) is 13.4. The molecule has 0 saturated carbocycles. The van der Waals surface area contributed by atoms with E-state index in [2.05, 4.69) is 4.90 Å². The molecular weight excluding hydrogens is 192 g/mol. The van der Waals surface area contributed by atoms with Crippen LogP contribution < -0.4 is 5.73 Å². The lowest BCUT2D eigenvalue weighted by molar-refractivity contribution is -0.123. The van der Waals surface area contributed by atoms with Crippen LogP contribution in [0.4, 0.5) is 0 Å². The Labute approximate surface area is 91.4 Å². The van der Waals surface area contributed by atoms with E-state index in [-0.39, 0.29) is 18.1 Å². The van der Waals surface area contributed by atoms with Crippen LogP contribution in [0.5, 0.6) is 0 Å². The third-order valence-corrected chi connectivity index (χ3v) is 3.15. The number of carbonyl (C=O) groups excluding carboxylic acids is 1. The van der Waals surface area contributed by atoms with Crippen molar-refractivity contribution in [2.45, 2.75) is 57.7 Å². The highest BCUT2D eigenvalue weighted by Gasteiger charge is 2.32. The highest BCUT2D eigenvalue weighted by molar-refractivity contribution is 5.79. The predicted octanol–water partition coefficient (Wildman–Crippen LogP) is 0.486. The number of nitrogens with zero attached hydrogens (tertiary/aromatic N) is 1. The Morgan fingerprint density at radius 3 is 2.80 bits per heavy atom. The van der Waals surface area contributed by atoms with Crippen LogP contribution in [0.1, 0.15) is 39.5 Å². The first-order valence-corrected chi connectivity index (χ1v) is 5.79. The second-order valence-corrected chi connectivity index (χ2v) is 4.45. The first kappa shape index (κ1) is 12.5. The van der Waals surface area contributed by atoms with Crippen LogP contribution in [0.2, 0.25) is 0 Å². The molecule has 1 heterocycles. The summed E-state index contributed by atoms with van der Waals surface area (Å²) in [6.45, 7) is 4.70. The van der Waals surface area contributed by atoms with Crippen LogP contribution in [-0.4, -0.2) is 40.6 Å². The molecular formula is C11H22N2O2. The first-order valence-electron chi connectivity index (χ1n) is 5.79. The molecule has 3 unspecified atom stereocenters. The predicted molar refractivity (Wildman–Crippen MR) is 59.3 cm³/mol. The van der Waals surface area contributed by atoms with Crippen LogP contribution >= 0.6 is 0 Å². The fourth-order valence-corrected chi connectivity index (χ4v) is 2.51. The van der Waals surface area contributed by atoms with Crippen molar-refractivity contribution in [3.63, 3.8) is 0 Å². The molecule has 0 radical (unpaired) electrons. The van der Waals surface area contributed by atoms with Crippen LogP contribution in [0, 0.1) is 0 Å². The van der Waals surface area contributed by atoms with E-state index in [1.165, 1.54) is 0 Å². The fraction of sp³-hybridized carbons (Fsp3) is 0.909. The monoisotopic (exact) mass is 214 g/mol. The number of likely N-dealkylation sites (tertiary alicyclic amines) is 1. The van der Waals surface area contributed by atoms with Gasteiger partial charge in [0.1, 0.15) is 0 Å². The van der Waals surface area contributed by atoms with Crippen molar-refractivity contribution in [2.24, 2.45) is 5.73 Å². The zero-order valence-corrected chi connectivity index (χ0v) is 9.65. The molecule has 3 atom stereocenters. The molecule has 4 nitrogen and oxygen atoms in total. The quantitative estimate of drug-likeness (QED) is 0.699. The van der Waals surface area contributed by atoms with Crippen molar-refractivity contribution in [1.82, 2.24) is 4.90 Å². The average Bonchev–Trinajstić information content (AvgIpc) is 2.53. The van der Waals surface area contributed by atoms with Crippen LogP contribution in [0.15, 0.2) is 0 Å². The molecule has 88 valence electrons. The molecule has 4 heteroatoms. The second-order valence-electron chi connectivity index (χ2n) is 4.45. The van der Waals surface area contributed by atoms with E-state index in [1.807, 2.05) is 6.92 Å². The molecule has 1 saturated heterocycles. The zero-order chi connectivity index (χ0) is 11.4. The number of hydrogen-bond donors (Lipinski definition) is 2. The minimum Gasteiger partial charge on any atom is -0.393 e. The Morgan fingerprint density at radius 2 is 2.33 bits per heavy atom. The van der Waals surface area contributed by atoms with Gasteiger partial charge in [-0.25, -0.2) is 0 Å². The van der Waals surface area contributed by atoms with Gasteiger partial charge in [0.05, 0.1) is 12.1 Å². The van der Waals surface area contributed by atoms with E-state index < -0.39 is 0 Å². The molecule has 1 aliphatic heterocycles. The molecule has 1 amide bonds. The van der Waals surface area contributed by atoms with Crippen LogP contribution in [0.25, 0.3) is 0 Å². The van der Waals surface area contributed by atoms with Gasteiger partial charge in [0.15, 0.2) is 0 Å². The Balaban J connectivity index is 2.61. The standard InChI is InChI=1S/C11H22N2O2/c1-3-10(11(12)15)13-6-4-5-9(13)7-8(2)14/h8-10,14H,3-7H2,1-2H3,(H2,12,15). The van der Waals surface area contributed by atoms with Crippen molar-refractivity contribution in [2.75, 3.05) is 6.54 Å². The summed E-state index contributed by atoms with van der Waals surface area (Å²) >= 11 is 0. The van der Waals surface area contributed by atoms with Gasteiger partial charge in [-0.1, -0.05) is 6.92 Å². The lowest BCUT2D eigenvalue weighted by atomic mass is 10.1. The Kier molecular flexibility index (Phi) is 4.54. The van der Waals surface area contributed by atoms with Gasteiger partial charge >= 0.3 is 0 Å². The maximum Gasteiger partial charge on any atom is 0.234 e. The fourth-order valence-electron chi connectivity index (χ4n) is 2.51. The number of aliphatic hydroxyl groups is 1. The van der Waals surface area contributed by atoms with E-state index in [1.54, 1.807) is 6.92 Å². The highest BCUT2D eigenvalue weighted by atomic mass is 16.3. The van der Waals surface area contributed by atoms with Crippen molar-refractivity contribution < 1.29 is 9.90 Å². The van der Waals surface area contributed by atoms with E-state index >= 15 is 0 Å². The summed E-state index contributed by atoms with van der Waals surface area (Å²) < 4.78 is 0. The van der Waals surface area contributed by atoms with Crippen molar-refractivity contribution >= 4 is 5.91 Å².